The molecule has 1 heterocycles. The van der Waals surface area contributed by atoms with Crippen LogP contribution in [0.2, 0.25) is 0 Å². The maximum atomic E-state index is 12.8. The summed E-state index contributed by atoms with van der Waals surface area (Å²) in [5.41, 5.74) is -0.574. The van der Waals surface area contributed by atoms with Gasteiger partial charge in [-0.3, -0.25) is 19.8 Å². The van der Waals surface area contributed by atoms with Crippen LogP contribution in [0.4, 0.5) is 5.69 Å². The summed E-state index contributed by atoms with van der Waals surface area (Å²) in [5.74, 6) is 0.192. The average molecular weight is 395 g/mol. The molecule has 0 aromatic heterocycles. The smallest absolute Gasteiger partial charge is 0.327 e. The molecule has 1 aromatic rings. The molecule has 1 amide bonds. The van der Waals surface area contributed by atoms with Gasteiger partial charge in [-0.1, -0.05) is 6.92 Å². The number of piperidine rings is 1. The van der Waals surface area contributed by atoms with Gasteiger partial charge < -0.3 is 19.5 Å². The van der Waals surface area contributed by atoms with E-state index in [9.17, 15) is 14.9 Å². The Hall–Kier alpha value is -2.55. The summed E-state index contributed by atoms with van der Waals surface area (Å²) >= 11 is 0. The third-order valence-corrected chi connectivity index (χ3v) is 5.10. The normalized spacial score (nSPS) is 18.2. The van der Waals surface area contributed by atoms with Crippen molar-refractivity contribution in [2.75, 3.05) is 41.0 Å². The van der Waals surface area contributed by atoms with Gasteiger partial charge in [0, 0.05) is 25.2 Å². The number of ether oxygens (including phenoxy) is 3. The van der Waals surface area contributed by atoms with E-state index < -0.39 is 16.5 Å². The predicted octanol–water partition coefficient (Wildman–Crippen LogP) is 2.47. The molecule has 0 spiro atoms. The van der Waals surface area contributed by atoms with Crippen molar-refractivity contribution in [1.29, 1.82) is 0 Å². The van der Waals surface area contributed by atoms with Crippen molar-refractivity contribution in [3.63, 3.8) is 0 Å². The zero-order valence-corrected chi connectivity index (χ0v) is 17.1. The number of hydrogen-bond acceptors (Lipinski definition) is 7. The van der Waals surface area contributed by atoms with Crippen molar-refractivity contribution in [3.05, 3.63) is 21.7 Å². The van der Waals surface area contributed by atoms with Crippen LogP contribution in [0, 0.1) is 16.0 Å². The summed E-state index contributed by atoms with van der Waals surface area (Å²) in [6.07, 6.45) is 2.35. The van der Waals surface area contributed by atoms with Gasteiger partial charge in [0.15, 0.2) is 5.75 Å². The fraction of sp³-hybridized carbons (Fsp3) is 0.632. The van der Waals surface area contributed by atoms with Crippen molar-refractivity contribution >= 4 is 11.6 Å². The molecule has 9 heteroatoms. The first kappa shape index (κ1) is 21.7. The lowest BCUT2D eigenvalue weighted by atomic mass is 9.99. The van der Waals surface area contributed by atoms with Gasteiger partial charge in [-0.05, 0) is 32.2 Å². The monoisotopic (exact) mass is 395 g/mol. The Bertz CT molecular complexity index is 724. The van der Waals surface area contributed by atoms with E-state index in [0.717, 1.165) is 19.5 Å². The zero-order chi connectivity index (χ0) is 20.8. The number of methoxy groups -OCH3 is 3. The second kappa shape index (κ2) is 9.59. The van der Waals surface area contributed by atoms with E-state index in [1.165, 1.54) is 33.8 Å². The first-order valence-corrected chi connectivity index (χ1v) is 9.33. The van der Waals surface area contributed by atoms with Crippen LogP contribution in [0.5, 0.6) is 17.2 Å². The number of rotatable bonds is 8. The number of nitro benzene ring substituents is 1. The van der Waals surface area contributed by atoms with Crippen LogP contribution < -0.4 is 19.5 Å². The molecule has 9 nitrogen and oxygen atoms in total. The molecule has 1 aliphatic rings. The van der Waals surface area contributed by atoms with Crippen LogP contribution in [-0.2, 0) is 0 Å². The van der Waals surface area contributed by atoms with Crippen molar-refractivity contribution in [1.82, 2.24) is 10.2 Å². The summed E-state index contributed by atoms with van der Waals surface area (Å²) in [6, 6.07) is 1.44. The highest BCUT2D eigenvalue weighted by atomic mass is 16.6. The molecule has 0 bridgehead atoms. The Balaban J connectivity index is 2.25. The lowest BCUT2D eigenvalue weighted by molar-refractivity contribution is -0.386. The van der Waals surface area contributed by atoms with E-state index in [2.05, 4.69) is 17.1 Å². The molecular formula is C19H29N3O6. The van der Waals surface area contributed by atoms with Crippen LogP contribution in [-0.4, -0.2) is 62.7 Å². The standard InChI is InChI=1S/C19H29N3O6/c1-12-7-6-8-21(11-12)13(2)10-20-19(23)14-9-15(26-3)17(27-4)18(28-5)16(14)22(24)25/h9,12-13H,6-8,10-11H2,1-5H3,(H,20,23)/t12-,13-/m1/s1. The van der Waals surface area contributed by atoms with Crippen LogP contribution in [0.25, 0.3) is 0 Å². The summed E-state index contributed by atoms with van der Waals surface area (Å²) in [4.78, 5) is 26.1. The van der Waals surface area contributed by atoms with Gasteiger partial charge in [-0.25, -0.2) is 0 Å². The van der Waals surface area contributed by atoms with Crippen LogP contribution in [0.1, 0.15) is 37.0 Å². The van der Waals surface area contributed by atoms with Crippen molar-refractivity contribution in [2.45, 2.75) is 32.7 Å². The zero-order valence-electron chi connectivity index (χ0n) is 17.1. The third kappa shape index (κ3) is 4.64. The SMILES string of the molecule is COc1cc(C(=O)NC[C@@H](C)N2CCC[C@@H](C)C2)c([N+](=O)[O-])c(OC)c1OC. The molecule has 156 valence electrons. The minimum absolute atomic E-state index is 0.0731. The highest BCUT2D eigenvalue weighted by molar-refractivity contribution is 6.00. The van der Waals surface area contributed by atoms with E-state index in [1.807, 2.05) is 6.92 Å². The van der Waals surface area contributed by atoms with E-state index in [4.69, 9.17) is 14.2 Å². The Labute approximate surface area is 165 Å². The highest BCUT2D eigenvalue weighted by Gasteiger charge is 2.32. The fourth-order valence-electron chi connectivity index (χ4n) is 3.59. The third-order valence-electron chi connectivity index (χ3n) is 5.10. The molecule has 2 rings (SSSR count). The molecule has 0 aliphatic carbocycles. The number of nitro groups is 1. The molecule has 1 aromatic carbocycles. The van der Waals surface area contributed by atoms with Crippen molar-refractivity contribution in [3.8, 4) is 17.2 Å². The molecule has 0 unspecified atom stereocenters. The molecule has 2 atom stereocenters. The lowest BCUT2D eigenvalue weighted by Gasteiger charge is -2.35. The highest BCUT2D eigenvalue weighted by Crippen LogP contribution is 2.46. The number of nitrogens with zero attached hydrogens (tertiary/aromatic N) is 2. The summed E-state index contributed by atoms with van der Waals surface area (Å²) < 4.78 is 15.6. The molecule has 1 N–H and O–H groups in total. The second-order valence-corrected chi connectivity index (χ2v) is 7.10. The maximum absolute atomic E-state index is 12.8. The average Bonchev–Trinajstić information content (AvgIpc) is 2.69. The molecule has 1 saturated heterocycles. The Morgan fingerprint density at radius 1 is 1.32 bits per heavy atom. The largest absolute Gasteiger partial charge is 0.493 e. The van der Waals surface area contributed by atoms with Gasteiger partial charge in [0.2, 0.25) is 11.5 Å². The van der Waals surface area contributed by atoms with Gasteiger partial charge in [0.05, 0.1) is 26.3 Å². The van der Waals surface area contributed by atoms with Gasteiger partial charge in [-0.15, -0.1) is 0 Å². The summed E-state index contributed by atoms with van der Waals surface area (Å²) in [7, 11) is 4.03. The Morgan fingerprint density at radius 3 is 2.54 bits per heavy atom. The van der Waals surface area contributed by atoms with Crippen LogP contribution >= 0.6 is 0 Å². The molecular weight excluding hydrogens is 366 g/mol. The molecule has 1 fully saturated rings. The van der Waals surface area contributed by atoms with Crippen LogP contribution in [0.15, 0.2) is 6.07 Å². The summed E-state index contributed by atoms with van der Waals surface area (Å²) in [5, 5.41) is 14.4. The number of benzene rings is 1. The quantitative estimate of drug-likeness (QED) is 0.533. The number of likely N-dealkylation sites (tertiary alicyclic amines) is 1. The number of nitrogens with one attached hydrogen (secondary N) is 1. The van der Waals surface area contributed by atoms with Crippen molar-refractivity contribution < 1.29 is 23.9 Å². The van der Waals surface area contributed by atoms with Gasteiger partial charge in [0.25, 0.3) is 5.91 Å². The predicted molar refractivity (Wildman–Crippen MR) is 105 cm³/mol. The molecule has 0 radical (unpaired) electrons. The van der Waals surface area contributed by atoms with E-state index in [-0.39, 0.29) is 28.9 Å². The van der Waals surface area contributed by atoms with Gasteiger partial charge in [-0.2, -0.15) is 0 Å². The molecule has 1 aliphatic heterocycles. The summed E-state index contributed by atoms with van der Waals surface area (Å²) in [6.45, 7) is 6.63. The van der Waals surface area contributed by atoms with Crippen LogP contribution in [0.3, 0.4) is 0 Å². The minimum atomic E-state index is -0.647. The van der Waals surface area contributed by atoms with Gasteiger partial charge >= 0.3 is 5.69 Å². The molecule has 28 heavy (non-hydrogen) atoms. The lowest BCUT2D eigenvalue weighted by Crippen LogP contribution is -2.46. The second-order valence-electron chi connectivity index (χ2n) is 7.10. The van der Waals surface area contributed by atoms with E-state index in [1.54, 1.807) is 0 Å². The van der Waals surface area contributed by atoms with E-state index in [0.29, 0.717) is 12.5 Å². The first-order valence-electron chi connectivity index (χ1n) is 9.33. The van der Waals surface area contributed by atoms with Gasteiger partial charge in [0.1, 0.15) is 5.56 Å². The van der Waals surface area contributed by atoms with Crippen molar-refractivity contribution in [2.24, 2.45) is 5.92 Å². The number of amides is 1. The Kier molecular flexibility index (Phi) is 7.45. The number of carbonyl (C=O) groups is 1. The topological polar surface area (TPSA) is 103 Å². The Morgan fingerprint density at radius 2 is 2.00 bits per heavy atom. The fourth-order valence-corrected chi connectivity index (χ4v) is 3.59. The maximum Gasteiger partial charge on any atom is 0.327 e. The number of hydrogen-bond donors (Lipinski definition) is 1. The minimum Gasteiger partial charge on any atom is -0.493 e. The van der Waals surface area contributed by atoms with E-state index >= 15 is 0 Å². The number of carbonyl (C=O) groups excluding carboxylic acids is 1. The molecule has 0 saturated carbocycles. The first-order chi connectivity index (χ1) is 13.3.